The lowest BCUT2D eigenvalue weighted by molar-refractivity contribution is 0.599. The molecule has 1 N–H and O–H groups in total. The smallest absolute Gasteiger partial charge is 0.234 e. The summed E-state index contributed by atoms with van der Waals surface area (Å²) in [6.45, 7) is 0. The molecule has 2 aromatic rings. The van der Waals surface area contributed by atoms with Crippen molar-refractivity contribution in [3.05, 3.63) is 41.9 Å². The van der Waals surface area contributed by atoms with Crippen molar-refractivity contribution in [1.29, 1.82) is 5.26 Å². The third-order valence-corrected chi connectivity index (χ3v) is 3.97. The lowest BCUT2D eigenvalue weighted by Crippen LogP contribution is -2.20. The fraction of sp³-hybridized carbons (Fsp3) is 0.250. The fourth-order valence-electron chi connectivity index (χ4n) is 1.64. The van der Waals surface area contributed by atoms with E-state index in [1.165, 1.54) is 10.9 Å². The molecule has 0 saturated heterocycles. The second kappa shape index (κ2) is 5.71. The number of pyridine rings is 1. The lowest BCUT2D eigenvalue weighted by Gasteiger charge is -2.08. The average molecular weight is 291 g/mol. The molecular weight excluding hydrogens is 278 g/mol. The molecule has 0 fully saturated rings. The van der Waals surface area contributed by atoms with Crippen LogP contribution in [0.15, 0.2) is 30.7 Å². The van der Waals surface area contributed by atoms with Crippen LogP contribution in [0.3, 0.4) is 0 Å². The molecule has 0 aliphatic carbocycles. The third kappa shape index (κ3) is 3.33. The van der Waals surface area contributed by atoms with E-state index in [1.54, 1.807) is 31.6 Å². The monoisotopic (exact) mass is 291 g/mol. The van der Waals surface area contributed by atoms with Crippen LogP contribution in [0.25, 0.3) is 0 Å². The summed E-state index contributed by atoms with van der Waals surface area (Å²) in [5.74, 6) is 0.106. The molecule has 0 unspecified atom stereocenters. The molecule has 104 valence electrons. The standard InChI is InChI=1S/C12H13N5O2S/c1-17-12(11(8-13)9-15-17)16-20(18,19)7-4-10-2-5-14-6-3-10/h2-3,5-6,9,16H,4,7H2,1H3. The van der Waals surface area contributed by atoms with Crippen LogP contribution in [0.5, 0.6) is 0 Å². The van der Waals surface area contributed by atoms with E-state index in [0.717, 1.165) is 5.56 Å². The average Bonchev–Trinajstić information content (AvgIpc) is 2.78. The molecule has 0 aliphatic rings. The quantitative estimate of drug-likeness (QED) is 0.872. The molecule has 0 radical (unpaired) electrons. The van der Waals surface area contributed by atoms with Crippen LogP contribution in [-0.4, -0.2) is 28.9 Å². The molecule has 0 amide bonds. The number of nitrogens with one attached hydrogen (secondary N) is 1. The number of nitrogens with zero attached hydrogens (tertiary/aromatic N) is 4. The van der Waals surface area contributed by atoms with Gasteiger partial charge in [-0.1, -0.05) is 0 Å². The van der Waals surface area contributed by atoms with Gasteiger partial charge in [-0.15, -0.1) is 0 Å². The molecule has 0 aliphatic heterocycles. The molecular formula is C12H13N5O2S. The minimum absolute atomic E-state index is 0.0763. The minimum atomic E-state index is -3.54. The van der Waals surface area contributed by atoms with E-state index in [2.05, 4.69) is 14.8 Å². The zero-order valence-electron chi connectivity index (χ0n) is 10.8. The summed E-state index contributed by atoms with van der Waals surface area (Å²) in [6.07, 6.45) is 4.92. The first-order valence-corrected chi connectivity index (χ1v) is 7.48. The predicted octanol–water partition coefficient (Wildman–Crippen LogP) is 0.671. The highest BCUT2D eigenvalue weighted by atomic mass is 32.2. The van der Waals surface area contributed by atoms with Gasteiger partial charge in [-0.2, -0.15) is 10.4 Å². The van der Waals surface area contributed by atoms with Gasteiger partial charge in [0.15, 0.2) is 5.82 Å². The van der Waals surface area contributed by atoms with E-state index in [1.807, 2.05) is 6.07 Å². The molecule has 20 heavy (non-hydrogen) atoms. The highest BCUT2D eigenvalue weighted by Crippen LogP contribution is 2.14. The van der Waals surface area contributed by atoms with Crippen LogP contribution in [0.4, 0.5) is 5.82 Å². The Morgan fingerprint density at radius 1 is 1.40 bits per heavy atom. The molecule has 2 heterocycles. The predicted molar refractivity (Wildman–Crippen MR) is 73.3 cm³/mol. The first-order chi connectivity index (χ1) is 9.52. The number of anilines is 1. The van der Waals surface area contributed by atoms with E-state index in [9.17, 15) is 8.42 Å². The normalized spacial score (nSPS) is 11.0. The molecule has 0 aromatic carbocycles. The lowest BCUT2D eigenvalue weighted by atomic mass is 10.2. The summed E-state index contributed by atoms with van der Waals surface area (Å²) in [5, 5.41) is 12.7. The van der Waals surface area contributed by atoms with Crippen molar-refractivity contribution in [2.75, 3.05) is 10.5 Å². The van der Waals surface area contributed by atoms with E-state index >= 15 is 0 Å². The van der Waals surface area contributed by atoms with Gasteiger partial charge in [-0.25, -0.2) is 8.42 Å². The molecule has 0 atom stereocenters. The highest BCUT2D eigenvalue weighted by Gasteiger charge is 2.16. The number of aryl methyl sites for hydroxylation is 2. The highest BCUT2D eigenvalue weighted by molar-refractivity contribution is 7.92. The Balaban J connectivity index is 2.08. The Morgan fingerprint density at radius 2 is 2.10 bits per heavy atom. The van der Waals surface area contributed by atoms with Crippen LogP contribution >= 0.6 is 0 Å². The van der Waals surface area contributed by atoms with Gasteiger partial charge < -0.3 is 0 Å². The van der Waals surface area contributed by atoms with Gasteiger partial charge >= 0.3 is 0 Å². The first-order valence-electron chi connectivity index (χ1n) is 5.83. The van der Waals surface area contributed by atoms with Gasteiger partial charge in [0.05, 0.1) is 11.9 Å². The number of aromatic nitrogens is 3. The van der Waals surface area contributed by atoms with Crippen LogP contribution < -0.4 is 4.72 Å². The molecule has 2 rings (SSSR count). The number of sulfonamides is 1. The van der Waals surface area contributed by atoms with E-state index < -0.39 is 10.0 Å². The molecule has 0 bridgehead atoms. The first kappa shape index (κ1) is 14.0. The second-order valence-electron chi connectivity index (χ2n) is 4.17. The van der Waals surface area contributed by atoms with Crippen molar-refractivity contribution >= 4 is 15.8 Å². The van der Waals surface area contributed by atoms with Crippen molar-refractivity contribution in [1.82, 2.24) is 14.8 Å². The van der Waals surface area contributed by atoms with Crippen LogP contribution in [0.2, 0.25) is 0 Å². The van der Waals surface area contributed by atoms with Gasteiger partial charge in [-0.05, 0) is 24.1 Å². The van der Waals surface area contributed by atoms with Gasteiger partial charge in [-0.3, -0.25) is 14.4 Å². The van der Waals surface area contributed by atoms with Crippen molar-refractivity contribution in [2.45, 2.75) is 6.42 Å². The molecule has 0 spiro atoms. The Kier molecular flexibility index (Phi) is 4.00. The maximum absolute atomic E-state index is 12.0. The van der Waals surface area contributed by atoms with Crippen molar-refractivity contribution < 1.29 is 8.42 Å². The zero-order valence-corrected chi connectivity index (χ0v) is 11.6. The summed E-state index contributed by atoms with van der Waals surface area (Å²) in [5.41, 5.74) is 1.08. The van der Waals surface area contributed by atoms with Crippen molar-refractivity contribution in [3.63, 3.8) is 0 Å². The number of nitriles is 1. The molecule has 0 saturated carbocycles. The number of hydrogen-bond acceptors (Lipinski definition) is 5. The summed E-state index contributed by atoms with van der Waals surface area (Å²) >= 11 is 0. The van der Waals surface area contributed by atoms with Crippen LogP contribution in [0, 0.1) is 11.3 Å². The summed E-state index contributed by atoms with van der Waals surface area (Å²) in [6, 6.07) is 5.42. The molecule has 2 aromatic heterocycles. The third-order valence-electron chi connectivity index (χ3n) is 2.72. The summed E-state index contributed by atoms with van der Waals surface area (Å²) in [7, 11) is -1.97. The van der Waals surface area contributed by atoms with E-state index in [0.29, 0.717) is 6.42 Å². The van der Waals surface area contributed by atoms with E-state index in [4.69, 9.17) is 5.26 Å². The number of hydrogen-bond donors (Lipinski definition) is 1. The maximum Gasteiger partial charge on any atom is 0.234 e. The van der Waals surface area contributed by atoms with Crippen LogP contribution in [-0.2, 0) is 23.5 Å². The Bertz CT molecular complexity index is 731. The molecule has 8 heteroatoms. The second-order valence-corrected chi connectivity index (χ2v) is 6.01. The van der Waals surface area contributed by atoms with Gasteiger partial charge in [0, 0.05) is 19.4 Å². The van der Waals surface area contributed by atoms with Gasteiger partial charge in [0.1, 0.15) is 11.6 Å². The maximum atomic E-state index is 12.0. The van der Waals surface area contributed by atoms with Gasteiger partial charge in [0.25, 0.3) is 0 Å². The van der Waals surface area contributed by atoms with Crippen molar-refractivity contribution in [3.8, 4) is 6.07 Å². The zero-order chi connectivity index (χ0) is 14.6. The minimum Gasteiger partial charge on any atom is -0.266 e. The summed E-state index contributed by atoms with van der Waals surface area (Å²) in [4.78, 5) is 3.87. The molecule has 7 nitrogen and oxygen atoms in total. The fourth-order valence-corrected chi connectivity index (χ4v) is 2.78. The van der Waals surface area contributed by atoms with Crippen LogP contribution in [0.1, 0.15) is 11.1 Å². The number of rotatable bonds is 5. The van der Waals surface area contributed by atoms with Crippen molar-refractivity contribution in [2.24, 2.45) is 7.05 Å². The van der Waals surface area contributed by atoms with E-state index in [-0.39, 0.29) is 17.1 Å². The largest absolute Gasteiger partial charge is 0.266 e. The topological polar surface area (TPSA) is 101 Å². The SMILES string of the molecule is Cn1ncc(C#N)c1NS(=O)(=O)CCc1ccncc1. The van der Waals surface area contributed by atoms with Gasteiger partial charge in [0.2, 0.25) is 10.0 Å². The Morgan fingerprint density at radius 3 is 2.75 bits per heavy atom. The Hall–Kier alpha value is -2.40. The summed E-state index contributed by atoms with van der Waals surface area (Å²) < 4.78 is 27.7. The Labute approximate surface area is 116 Å².